The van der Waals surface area contributed by atoms with Crippen molar-refractivity contribution in [2.45, 2.75) is 6.92 Å². The summed E-state index contributed by atoms with van der Waals surface area (Å²) in [4.78, 5) is 12.0. The summed E-state index contributed by atoms with van der Waals surface area (Å²) in [7, 11) is 0. The van der Waals surface area contributed by atoms with E-state index >= 15 is 0 Å². The smallest absolute Gasteiger partial charge is 0.183 e. The quantitative estimate of drug-likeness (QED) is 0.699. The molecule has 0 radical (unpaired) electrons. The Bertz CT molecular complexity index is 457. The van der Waals surface area contributed by atoms with Gasteiger partial charge in [-0.15, -0.1) is 0 Å². The summed E-state index contributed by atoms with van der Waals surface area (Å²) in [5.41, 5.74) is 7.05. The Hall–Kier alpha value is -1.91. The number of rotatable bonds is 1. The first-order valence-corrected chi connectivity index (χ1v) is 3.88. The lowest BCUT2D eigenvalue weighted by molar-refractivity contribution is 1.16. The van der Waals surface area contributed by atoms with Crippen LogP contribution in [0.4, 0.5) is 5.82 Å². The van der Waals surface area contributed by atoms with E-state index in [1.54, 1.807) is 10.9 Å². The van der Waals surface area contributed by atoms with Crippen LogP contribution in [0.1, 0.15) is 6.92 Å². The van der Waals surface area contributed by atoms with E-state index < -0.39 is 0 Å². The number of anilines is 1. The van der Waals surface area contributed by atoms with Gasteiger partial charge in [0, 0.05) is 6.20 Å². The van der Waals surface area contributed by atoms with Crippen LogP contribution in [-0.4, -0.2) is 19.5 Å². The highest BCUT2D eigenvalue weighted by Crippen LogP contribution is 2.14. The lowest BCUT2D eigenvalue weighted by atomic mass is 10.5. The van der Waals surface area contributed by atoms with Crippen LogP contribution >= 0.6 is 0 Å². The SMILES string of the molecule is C/C=C/n1cnc2ncnc(N)c21. The second kappa shape index (κ2) is 2.85. The molecule has 66 valence electrons. The summed E-state index contributed by atoms with van der Waals surface area (Å²) in [5.74, 6) is 0.445. The number of nitrogens with zero attached hydrogens (tertiary/aromatic N) is 4. The number of imidazole rings is 1. The summed E-state index contributed by atoms with van der Waals surface area (Å²) in [6, 6.07) is 0. The highest BCUT2D eigenvalue weighted by atomic mass is 15.1. The average molecular weight is 175 g/mol. The van der Waals surface area contributed by atoms with E-state index in [9.17, 15) is 0 Å². The lowest BCUT2D eigenvalue weighted by Gasteiger charge is -1.96. The number of hydrogen-bond acceptors (Lipinski definition) is 4. The zero-order chi connectivity index (χ0) is 9.26. The molecular formula is C8H9N5. The Morgan fingerprint density at radius 2 is 2.23 bits per heavy atom. The minimum atomic E-state index is 0.445. The van der Waals surface area contributed by atoms with E-state index in [1.807, 2.05) is 19.2 Å². The van der Waals surface area contributed by atoms with Gasteiger partial charge in [0.05, 0.1) is 0 Å². The first-order chi connectivity index (χ1) is 6.33. The summed E-state index contributed by atoms with van der Waals surface area (Å²) in [6.45, 7) is 1.92. The zero-order valence-electron chi connectivity index (χ0n) is 7.18. The number of aromatic nitrogens is 4. The molecular weight excluding hydrogens is 166 g/mol. The molecule has 0 saturated carbocycles. The van der Waals surface area contributed by atoms with Crippen LogP contribution in [0.15, 0.2) is 18.7 Å². The maximum Gasteiger partial charge on any atom is 0.183 e. The number of hydrogen-bond donors (Lipinski definition) is 1. The molecule has 0 aromatic carbocycles. The van der Waals surface area contributed by atoms with Crippen molar-refractivity contribution in [1.82, 2.24) is 19.5 Å². The normalized spacial score (nSPS) is 11.5. The van der Waals surface area contributed by atoms with Gasteiger partial charge in [-0.1, -0.05) is 6.08 Å². The summed E-state index contributed by atoms with van der Waals surface area (Å²) < 4.78 is 1.80. The number of nitrogen functional groups attached to an aromatic ring is 1. The predicted octanol–water partition coefficient (Wildman–Crippen LogP) is 0.899. The number of fused-ring (bicyclic) bond motifs is 1. The van der Waals surface area contributed by atoms with Crippen LogP contribution < -0.4 is 5.73 Å². The average Bonchev–Trinajstić information content (AvgIpc) is 2.51. The van der Waals surface area contributed by atoms with E-state index in [1.165, 1.54) is 6.33 Å². The van der Waals surface area contributed by atoms with Gasteiger partial charge in [0.2, 0.25) is 0 Å². The fourth-order valence-corrected chi connectivity index (χ4v) is 1.17. The standard InChI is InChI=1S/C8H9N5/c1-2-3-13-5-12-8-6(13)7(9)10-4-11-8/h2-5H,1H3,(H2,9,10,11)/b3-2+. The summed E-state index contributed by atoms with van der Waals surface area (Å²) >= 11 is 0. The van der Waals surface area contributed by atoms with E-state index in [0.717, 1.165) is 5.52 Å². The molecule has 0 saturated heterocycles. The second-order valence-electron chi connectivity index (χ2n) is 2.57. The zero-order valence-corrected chi connectivity index (χ0v) is 7.18. The highest BCUT2D eigenvalue weighted by Gasteiger charge is 2.04. The molecule has 2 N–H and O–H groups in total. The highest BCUT2D eigenvalue weighted by molar-refractivity contribution is 5.83. The molecule has 0 aliphatic heterocycles. The molecule has 5 nitrogen and oxygen atoms in total. The third-order valence-electron chi connectivity index (χ3n) is 1.70. The third-order valence-corrected chi connectivity index (χ3v) is 1.70. The van der Waals surface area contributed by atoms with Crippen molar-refractivity contribution in [2.75, 3.05) is 5.73 Å². The van der Waals surface area contributed by atoms with Crippen LogP contribution in [0.3, 0.4) is 0 Å². The monoisotopic (exact) mass is 175 g/mol. The van der Waals surface area contributed by atoms with E-state index in [0.29, 0.717) is 11.5 Å². The molecule has 0 bridgehead atoms. The number of allylic oxidation sites excluding steroid dienone is 1. The van der Waals surface area contributed by atoms with E-state index in [4.69, 9.17) is 5.73 Å². The molecule has 2 heterocycles. The fraction of sp³-hybridized carbons (Fsp3) is 0.125. The number of nitrogens with two attached hydrogens (primary N) is 1. The van der Waals surface area contributed by atoms with Crippen LogP contribution in [-0.2, 0) is 0 Å². The van der Waals surface area contributed by atoms with Crippen molar-refractivity contribution in [1.29, 1.82) is 0 Å². The van der Waals surface area contributed by atoms with Gasteiger partial charge in [-0.2, -0.15) is 0 Å². The molecule has 0 fully saturated rings. The largest absolute Gasteiger partial charge is 0.382 e. The van der Waals surface area contributed by atoms with Crippen molar-refractivity contribution in [2.24, 2.45) is 0 Å². The third kappa shape index (κ3) is 1.14. The molecule has 2 rings (SSSR count). The van der Waals surface area contributed by atoms with Crippen LogP contribution in [0.25, 0.3) is 17.4 Å². The first-order valence-electron chi connectivity index (χ1n) is 3.88. The van der Waals surface area contributed by atoms with Gasteiger partial charge in [0.15, 0.2) is 11.5 Å². The molecule has 2 aromatic rings. The first kappa shape index (κ1) is 7.72. The van der Waals surface area contributed by atoms with Gasteiger partial charge in [0.1, 0.15) is 18.2 Å². The van der Waals surface area contributed by atoms with Crippen molar-refractivity contribution < 1.29 is 0 Å². The Balaban J connectivity index is 2.78. The molecule has 0 unspecified atom stereocenters. The molecule has 0 atom stereocenters. The van der Waals surface area contributed by atoms with Crippen molar-refractivity contribution in [3.8, 4) is 0 Å². The van der Waals surface area contributed by atoms with Gasteiger partial charge < -0.3 is 10.3 Å². The van der Waals surface area contributed by atoms with Crippen LogP contribution in [0, 0.1) is 0 Å². The molecule has 0 aliphatic carbocycles. The Labute approximate surface area is 74.9 Å². The predicted molar refractivity (Wildman–Crippen MR) is 50.7 cm³/mol. The maximum absolute atomic E-state index is 5.69. The molecule has 0 spiro atoms. The Morgan fingerprint density at radius 1 is 1.38 bits per heavy atom. The van der Waals surface area contributed by atoms with Crippen molar-refractivity contribution in [3.05, 3.63) is 18.7 Å². The van der Waals surface area contributed by atoms with Gasteiger partial charge in [-0.25, -0.2) is 15.0 Å². The second-order valence-corrected chi connectivity index (χ2v) is 2.57. The minimum absolute atomic E-state index is 0.445. The lowest BCUT2D eigenvalue weighted by Crippen LogP contribution is -1.95. The van der Waals surface area contributed by atoms with Crippen LogP contribution in [0.5, 0.6) is 0 Å². The Morgan fingerprint density at radius 3 is 3.00 bits per heavy atom. The summed E-state index contributed by atoms with van der Waals surface area (Å²) in [5, 5.41) is 0. The molecule has 2 aromatic heterocycles. The molecule has 13 heavy (non-hydrogen) atoms. The van der Waals surface area contributed by atoms with Gasteiger partial charge in [0.25, 0.3) is 0 Å². The van der Waals surface area contributed by atoms with E-state index in [-0.39, 0.29) is 0 Å². The maximum atomic E-state index is 5.69. The van der Waals surface area contributed by atoms with Crippen molar-refractivity contribution in [3.63, 3.8) is 0 Å². The molecule has 0 aliphatic rings. The van der Waals surface area contributed by atoms with Crippen molar-refractivity contribution >= 4 is 23.2 Å². The van der Waals surface area contributed by atoms with Gasteiger partial charge >= 0.3 is 0 Å². The molecule has 5 heteroatoms. The molecule has 0 amide bonds. The Kier molecular flexibility index (Phi) is 1.70. The fourth-order valence-electron chi connectivity index (χ4n) is 1.17. The topological polar surface area (TPSA) is 69.6 Å². The summed E-state index contributed by atoms with van der Waals surface area (Å²) in [6.07, 6.45) is 6.82. The van der Waals surface area contributed by atoms with Gasteiger partial charge in [-0.3, -0.25) is 0 Å². The van der Waals surface area contributed by atoms with Gasteiger partial charge in [-0.05, 0) is 6.92 Å². The minimum Gasteiger partial charge on any atom is -0.382 e. The van der Waals surface area contributed by atoms with E-state index in [2.05, 4.69) is 15.0 Å². The van der Waals surface area contributed by atoms with Crippen LogP contribution in [0.2, 0.25) is 0 Å².